The molecule has 0 spiro atoms. The first kappa shape index (κ1) is 16.7. The van der Waals surface area contributed by atoms with Gasteiger partial charge in [-0.25, -0.2) is 0 Å². The summed E-state index contributed by atoms with van der Waals surface area (Å²) in [6.45, 7) is -0.0871. The van der Waals surface area contributed by atoms with Crippen molar-refractivity contribution in [1.82, 2.24) is 10.6 Å². The van der Waals surface area contributed by atoms with E-state index in [-0.39, 0.29) is 12.5 Å². The van der Waals surface area contributed by atoms with E-state index in [9.17, 15) is 14.4 Å². The third-order valence-electron chi connectivity index (χ3n) is 4.19. The molecule has 0 aliphatic carbocycles. The molecule has 1 fully saturated rings. The summed E-state index contributed by atoms with van der Waals surface area (Å²) in [5, 5.41) is 5.06. The number of methoxy groups -OCH3 is 1. The van der Waals surface area contributed by atoms with E-state index in [2.05, 4.69) is 10.6 Å². The van der Waals surface area contributed by atoms with Crippen LogP contribution in [0, 0.1) is 0 Å². The largest absolute Gasteiger partial charge is 0.468 e. The lowest BCUT2D eigenvalue weighted by molar-refractivity contribution is -0.146. The van der Waals surface area contributed by atoms with Crippen LogP contribution in [0.2, 0.25) is 0 Å². The summed E-state index contributed by atoms with van der Waals surface area (Å²) in [7, 11) is 1.26. The van der Waals surface area contributed by atoms with Gasteiger partial charge in [0, 0.05) is 0 Å². The normalized spacial score (nSPS) is 18.0. The minimum atomic E-state index is -0.990. The van der Waals surface area contributed by atoms with E-state index in [1.807, 2.05) is 42.5 Å². The predicted octanol–water partition coefficient (Wildman–Crippen LogP) is 1.22. The van der Waals surface area contributed by atoms with Crippen LogP contribution in [0.25, 0.3) is 11.1 Å². The Bertz CT molecular complexity index is 787. The lowest BCUT2D eigenvalue weighted by Gasteiger charge is -2.29. The fourth-order valence-corrected chi connectivity index (χ4v) is 2.91. The van der Waals surface area contributed by atoms with Crippen molar-refractivity contribution < 1.29 is 19.1 Å². The predicted molar refractivity (Wildman–Crippen MR) is 91.6 cm³/mol. The van der Waals surface area contributed by atoms with Crippen LogP contribution >= 0.6 is 0 Å². The highest BCUT2D eigenvalue weighted by molar-refractivity contribution is 5.99. The fraction of sp³-hybridized carbons (Fsp3) is 0.211. The molecule has 0 radical (unpaired) electrons. The minimum absolute atomic E-state index is 0.0871. The molecule has 0 aromatic heterocycles. The van der Waals surface area contributed by atoms with Crippen molar-refractivity contribution in [3.05, 3.63) is 60.2 Å². The molecule has 128 valence electrons. The first-order chi connectivity index (χ1) is 12.1. The lowest BCUT2D eigenvalue weighted by atomic mass is 9.88. The number of rotatable bonds is 4. The van der Waals surface area contributed by atoms with Crippen LogP contribution in [-0.4, -0.2) is 37.5 Å². The van der Waals surface area contributed by atoms with Crippen LogP contribution in [0.3, 0.4) is 0 Å². The molecule has 25 heavy (non-hydrogen) atoms. The van der Waals surface area contributed by atoms with Crippen molar-refractivity contribution in [1.29, 1.82) is 0 Å². The van der Waals surface area contributed by atoms with Crippen LogP contribution in [-0.2, 0) is 19.1 Å². The molecule has 2 N–H and O–H groups in total. The highest BCUT2D eigenvalue weighted by Gasteiger charge is 2.39. The molecule has 2 aromatic rings. The Morgan fingerprint density at radius 1 is 1.04 bits per heavy atom. The van der Waals surface area contributed by atoms with E-state index in [1.54, 1.807) is 12.1 Å². The monoisotopic (exact) mass is 338 g/mol. The van der Waals surface area contributed by atoms with E-state index in [0.29, 0.717) is 5.56 Å². The maximum absolute atomic E-state index is 12.3. The van der Waals surface area contributed by atoms with Crippen LogP contribution in [0.5, 0.6) is 0 Å². The summed E-state index contributed by atoms with van der Waals surface area (Å²) in [6, 6.07) is 16.1. The quantitative estimate of drug-likeness (QED) is 0.821. The lowest BCUT2D eigenvalue weighted by Crippen LogP contribution is -2.59. The van der Waals surface area contributed by atoms with Gasteiger partial charge in [0.2, 0.25) is 11.8 Å². The molecular formula is C19H18N2O4. The molecule has 2 unspecified atom stereocenters. The van der Waals surface area contributed by atoms with E-state index in [0.717, 1.165) is 11.1 Å². The number of piperazine rings is 1. The fourth-order valence-electron chi connectivity index (χ4n) is 2.91. The second-order valence-corrected chi connectivity index (χ2v) is 5.75. The molecule has 2 atom stereocenters. The number of hydrogen-bond acceptors (Lipinski definition) is 4. The van der Waals surface area contributed by atoms with Crippen molar-refractivity contribution >= 4 is 17.8 Å². The van der Waals surface area contributed by atoms with Gasteiger partial charge in [0.05, 0.1) is 13.7 Å². The van der Waals surface area contributed by atoms with Gasteiger partial charge < -0.3 is 15.4 Å². The SMILES string of the molecule is COC(=O)C(c1ccc(-c2ccccc2)cc1)C1NC(=O)CNC1=O. The Hall–Kier alpha value is -3.15. The number of nitrogens with one attached hydrogen (secondary N) is 2. The van der Waals surface area contributed by atoms with Crippen molar-refractivity contribution in [2.75, 3.05) is 13.7 Å². The zero-order chi connectivity index (χ0) is 17.8. The van der Waals surface area contributed by atoms with Gasteiger partial charge in [-0.15, -0.1) is 0 Å². The van der Waals surface area contributed by atoms with Gasteiger partial charge in [0.25, 0.3) is 0 Å². The molecule has 1 saturated heterocycles. The number of carbonyl (C=O) groups excluding carboxylic acids is 3. The van der Waals surface area contributed by atoms with E-state index >= 15 is 0 Å². The molecule has 2 amide bonds. The van der Waals surface area contributed by atoms with E-state index < -0.39 is 23.8 Å². The number of carbonyl (C=O) groups is 3. The summed E-state index contributed by atoms with van der Waals surface area (Å²) in [4.78, 5) is 36.0. The van der Waals surface area contributed by atoms with Gasteiger partial charge in [-0.05, 0) is 16.7 Å². The van der Waals surface area contributed by atoms with Crippen LogP contribution < -0.4 is 10.6 Å². The highest BCUT2D eigenvalue weighted by atomic mass is 16.5. The van der Waals surface area contributed by atoms with Gasteiger partial charge in [-0.1, -0.05) is 54.6 Å². The Labute approximate surface area is 145 Å². The Morgan fingerprint density at radius 3 is 2.32 bits per heavy atom. The Balaban J connectivity index is 1.93. The number of ether oxygens (including phenoxy) is 1. The van der Waals surface area contributed by atoms with Gasteiger partial charge >= 0.3 is 5.97 Å². The Kier molecular flexibility index (Phi) is 4.79. The topological polar surface area (TPSA) is 84.5 Å². The summed E-state index contributed by atoms with van der Waals surface area (Å²) < 4.78 is 4.85. The average molecular weight is 338 g/mol. The van der Waals surface area contributed by atoms with Gasteiger partial charge in [0.1, 0.15) is 12.0 Å². The molecule has 0 bridgehead atoms. The maximum atomic E-state index is 12.3. The third kappa shape index (κ3) is 3.52. The molecule has 0 saturated carbocycles. The first-order valence-corrected chi connectivity index (χ1v) is 7.90. The summed E-state index contributed by atoms with van der Waals surface area (Å²) >= 11 is 0. The van der Waals surface area contributed by atoms with Crippen molar-refractivity contribution in [2.45, 2.75) is 12.0 Å². The smallest absolute Gasteiger partial charge is 0.315 e. The average Bonchev–Trinajstić information content (AvgIpc) is 2.66. The highest BCUT2D eigenvalue weighted by Crippen LogP contribution is 2.26. The maximum Gasteiger partial charge on any atom is 0.315 e. The summed E-state index contributed by atoms with van der Waals surface area (Å²) in [6.07, 6.45) is 0. The van der Waals surface area contributed by atoms with Crippen LogP contribution in [0.1, 0.15) is 11.5 Å². The third-order valence-corrected chi connectivity index (χ3v) is 4.19. The molecule has 1 aliphatic heterocycles. The Morgan fingerprint density at radius 2 is 1.68 bits per heavy atom. The second-order valence-electron chi connectivity index (χ2n) is 5.75. The number of benzene rings is 2. The summed E-state index contributed by atoms with van der Waals surface area (Å²) in [5.41, 5.74) is 2.64. The molecule has 1 heterocycles. The molecule has 1 aliphatic rings. The van der Waals surface area contributed by atoms with Crippen molar-refractivity contribution in [3.8, 4) is 11.1 Å². The molecule has 6 nitrogen and oxygen atoms in total. The van der Waals surface area contributed by atoms with Crippen molar-refractivity contribution in [3.63, 3.8) is 0 Å². The number of esters is 1. The molecule has 6 heteroatoms. The minimum Gasteiger partial charge on any atom is -0.468 e. The summed E-state index contributed by atoms with van der Waals surface area (Å²) in [5.74, 6) is -2.21. The zero-order valence-corrected chi connectivity index (χ0v) is 13.7. The first-order valence-electron chi connectivity index (χ1n) is 7.90. The molecule has 3 rings (SSSR count). The number of hydrogen-bond donors (Lipinski definition) is 2. The van der Waals surface area contributed by atoms with Crippen LogP contribution in [0.4, 0.5) is 0 Å². The van der Waals surface area contributed by atoms with Crippen LogP contribution in [0.15, 0.2) is 54.6 Å². The second kappa shape index (κ2) is 7.17. The van der Waals surface area contributed by atoms with Gasteiger partial charge in [-0.2, -0.15) is 0 Å². The molecule has 2 aromatic carbocycles. The molecular weight excluding hydrogens is 320 g/mol. The number of amides is 2. The van der Waals surface area contributed by atoms with Gasteiger partial charge in [-0.3, -0.25) is 14.4 Å². The van der Waals surface area contributed by atoms with E-state index in [1.165, 1.54) is 7.11 Å². The zero-order valence-electron chi connectivity index (χ0n) is 13.7. The van der Waals surface area contributed by atoms with Gasteiger partial charge in [0.15, 0.2) is 0 Å². The van der Waals surface area contributed by atoms with Crippen molar-refractivity contribution in [2.24, 2.45) is 0 Å². The van der Waals surface area contributed by atoms with E-state index in [4.69, 9.17) is 4.74 Å². The standard InChI is InChI=1S/C19H18N2O4/c1-25-19(24)16(17-18(23)20-11-15(22)21-17)14-9-7-13(8-10-14)12-5-3-2-4-6-12/h2-10,16-17H,11H2,1H3,(H,20,23)(H,21,22).